The van der Waals surface area contributed by atoms with E-state index in [4.69, 9.17) is 0 Å². The maximum Gasteiger partial charge on any atom is 0.251 e. The van der Waals surface area contributed by atoms with Crippen molar-refractivity contribution in [1.82, 2.24) is 9.62 Å². The van der Waals surface area contributed by atoms with Crippen LogP contribution in [0.5, 0.6) is 0 Å². The fourth-order valence-corrected chi connectivity index (χ4v) is 4.31. The Balaban J connectivity index is 3.16. The summed E-state index contributed by atoms with van der Waals surface area (Å²) in [6.45, 7) is 12.3. The van der Waals surface area contributed by atoms with E-state index >= 15 is 0 Å². The minimum atomic E-state index is -3.81. The highest BCUT2D eigenvalue weighted by atomic mass is 79.9. The first kappa shape index (κ1) is 24.3. The summed E-state index contributed by atoms with van der Waals surface area (Å²) in [5.41, 5.74) is 0.993. The molecule has 0 radical (unpaired) electrons. The number of allylic oxidation sites excluding steroid dienone is 3. The molecule has 0 aliphatic carbocycles. The van der Waals surface area contributed by atoms with Gasteiger partial charge < -0.3 is 5.32 Å². The van der Waals surface area contributed by atoms with Crippen LogP contribution in [0.25, 0.3) is 0 Å². The molecule has 0 fully saturated rings. The molecule has 0 saturated carbocycles. The molecule has 0 aliphatic heterocycles. The molecule has 1 amide bonds. The minimum absolute atomic E-state index is 0.0489. The van der Waals surface area contributed by atoms with Crippen LogP contribution in [0.2, 0.25) is 0 Å². The standard InChI is InChI=1S/C21H29BrN2O3S/c1-7-9-10-16(8-2)14-24(6)28(26,27)19-13-17(11-12-18(19)22)20(25)23-15-21(3,4)5/h7-13H,2,14-15H2,1,3-6H3,(H,23,25)/b9-7-,16-10+. The number of rotatable bonds is 8. The van der Waals surface area contributed by atoms with Gasteiger partial charge in [-0.3, -0.25) is 4.79 Å². The lowest BCUT2D eigenvalue weighted by atomic mass is 9.97. The number of carbonyl (C=O) groups excluding carboxylic acids is 1. The van der Waals surface area contributed by atoms with E-state index in [0.29, 0.717) is 16.6 Å². The van der Waals surface area contributed by atoms with Crippen molar-refractivity contribution in [2.45, 2.75) is 32.6 Å². The Kier molecular flexibility index (Phi) is 8.85. The van der Waals surface area contributed by atoms with Crippen LogP contribution in [0.3, 0.4) is 0 Å². The maximum absolute atomic E-state index is 13.1. The lowest BCUT2D eigenvalue weighted by Crippen LogP contribution is -2.33. The normalized spacial score (nSPS) is 13.2. The van der Waals surface area contributed by atoms with E-state index in [2.05, 4.69) is 27.8 Å². The Morgan fingerprint density at radius 3 is 2.50 bits per heavy atom. The van der Waals surface area contributed by atoms with E-state index in [9.17, 15) is 13.2 Å². The predicted octanol–water partition coefficient (Wildman–Crippen LogP) is 4.53. The SMILES string of the molecule is C=C/C(=C\C=C/C)CN(C)S(=O)(=O)c1cc(C(=O)NCC(C)(C)C)ccc1Br. The maximum atomic E-state index is 13.1. The van der Waals surface area contributed by atoms with Gasteiger partial charge >= 0.3 is 0 Å². The number of benzene rings is 1. The molecular weight excluding hydrogens is 440 g/mol. The first-order valence-corrected chi connectivity index (χ1v) is 11.1. The molecule has 0 heterocycles. The Bertz CT molecular complexity index is 881. The van der Waals surface area contributed by atoms with Crippen molar-refractivity contribution in [1.29, 1.82) is 0 Å². The highest BCUT2D eigenvalue weighted by Crippen LogP contribution is 2.26. The van der Waals surface area contributed by atoms with Gasteiger partial charge in [0.05, 0.1) is 4.90 Å². The summed E-state index contributed by atoms with van der Waals surface area (Å²) in [5, 5.41) is 2.84. The quantitative estimate of drug-likeness (QED) is 0.569. The van der Waals surface area contributed by atoms with Crippen molar-refractivity contribution in [3.8, 4) is 0 Å². The Labute approximate surface area is 177 Å². The van der Waals surface area contributed by atoms with Crippen LogP contribution >= 0.6 is 15.9 Å². The third-order valence-corrected chi connectivity index (χ3v) is 6.63. The molecule has 0 saturated heterocycles. The smallest absolute Gasteiger partial charge is 0.251 e. The first-order chi connectivity index (χ1) is 12.9. The second-order valence-corrected chi connectivity index (χ2v) is 10.5. The van der Waals surface area contributed by atoms with E-state index in [-0.39, 0.29) is 22.8 Å². The number of nitrogens with zero attached hydrogens (tertiary/aromatic N) is 1. The second kappa shape index (κ2) is 10.2. The summed E-state index contributed by atoms with van der Waals surface area (Å²) in [4.78, 5) is 12.5. The van der Waals surface area contributed by atoms with E-state index in [1.807, 2.05) is 45.9 Å². The molecule has 0 unspecified atom stereocenters. The summed E-state index contributed by atoms with van der Waals surface area (Å²) < 4.78 is 27.8. The van der Waals surface area contributed by atoms with Crippen LogP contribution in [0.1, 0.15) is 38.1 Å². The topological polar surface area (TPSA) is 66.5 Å². The van der Waals surface area contributed by atoms with E-state index in [1.165, 1.54) is 17.4 Å². The molecule has 5 nitrogen and oxygen atoms in total. The van der Waals surface area contributed by atoms with Crippen LogP contribution in [0, 0.1) is 5.41 Å². The minimum Gasteiger partial charge on any atom is -0.352 e. The highest BCUT2D eigenvalue weighted by Gasteiger charge is 2.25. The van der Waals surface area contributed by atoms with Gasteiger partial charge in [-0.2, -0.15) is 4.31 Å². The molecule has 28 heavy (non-hydrogen) atoms. The first-order valence-electron chi connectivity index (χ1n) is 8.90. The molecule has 154 valence electrons. The van der Waals surface area contributed by atoms with Gasteiger partial charge in [0.2, 0.25) is 10.0 Å². The van der Waals surface area contributed by atoms with Crippen LogP contribution in [0.15, 0.2) is 64.0 Å². The average molecular weight is 469 g/mol. The fraction of sp³-hybridized carbons (Fsp3) is 0.381. The Morgan fingerprint density at radius 2 is 1.96 bits per heavy atom. The molecule has 1 aromatic rings. The number of hydrogen-bond acceptors (Lipinski definition) is 3. The largest absolute Gasteiger partial charge is 0.352 e. The molecule has 0 aromatic heterocycles. The zero-order valence-electron chi connectivity index (χ0n) is 17.1. The van der Waals surface area contributed by atoms with Gasteiger partial charge in [-0.05, 0) is 52.0 Å². The van der Waals surface area contributed by atoms with Crippen molar-refractivity contribution >= 4 is 31.9 Å². The fourth-order valence-electron chi connectivity index (χ4n) is 2.20. The summed E-state index contributed by atoms with van der Waals surface area (Å²) in [7, 11) is -2.30. The summed E-state index contributed by atoms with van der Waals surface area (Å²) in [6, 6.07) is 4.58. The van der Waals surface area contributed by atoms with Crippen molar-refractivity contribution < 1.29 is 13.2 Å². The highest BCUT2D eigenvalue weighted by molar-refractivity contribution is 9.10. The van der Waals surface area contributed by atoms with Crippen LogP contribution < -0.4 is 5.32 Å². The monoisotopic (exact) mass is 468 g/mol. The Hall–Kier alpha value is -1.70. The lowest BCUT2D eigenvalue weighted by molar-refractivity contribution is 0.0939. The number of likely N-dealkylation sites (N-methyl/N-ethyl adjacent to an activating group) is 1. The third kappa shape index (κ3) is 7.04. The van der Waals surface area contributed by atoms with Crippen LogP contribution in [0.4, 0.5) is 0 Å². The number of amides is 1. The third-order valence-electron chi connectivity index (χ3n) is 3.83. The Morgan fingerprint density at radius 1 is 1.32 bits per heavy atom. The van der Waals surface area contributed by atoms with Crippen molar-refractivity contribution in [3.63, 3.8) is 0 Å². The van der Waals surface area contributed by atoms with Gasteiger partial charge in [-0.1, -0.05) is 51.7 Å². The molecule has 0 bridgehead atoms. The molecule has 1 N–H and O–H groups in total. The van der Waals surface area contributed by atoms with Gasteiger partial charge in [0, 0.05) is 30.2 Å². The predicted molar refractivity (Wildman–Crippen MR) is 119 cm³/mol. The van der Waals surface area contributed by atoms with E-state index in [1.54, 1.807) is 18.2 Å². The van der Waals surface area contributed by atoms with Crippen LogP contribution in [-0.4, -0.2) is 38.8 Å². The summed E-state index contributed by atoms with van der Waals surface area (Å²) in [5.74, 6) is -0.304. The zero-order valence-corrected chi connectivity index (χ0v) is 19.5. The zero-order chi connectivity index (χ0) is 21.5. The summed E-state index contributed by atoms with van der Waals surface area (Å²) >= 11 is 3.30. The second-order valence-electron chi connectivity index (χ2n) is 7.62. The van der Waals surface area contributed by atoms with Gasteiger partial charge in [0.15, 0.2) is 0 Å². The molecule has 7 heteroatoms. The number of halogens is 1. The molecule has 1 rings (SSSR count). The van der Waals surface area contributed by atoms with Gasteiger partial charge in [0.1, 0.15) is 0 Å². The van der Waals surface area contributed by atoms with Gasteiger partial charge in [0.25, 0.3) is 5.91 Å². The molecular formula is C21H29BrN2O3S. The molecule has 0 atom stereocenters. The molecule has 1 aromatic carbocycles. The molecule has 0 spiro atoms. The number of hydrogen-bond donors (Lipinski definition) is 1. The van der Waals surface area contributed by atoms with Gasteiger partial charge in [-0.25, -0.2) is 8.42 Å². The molecule has 0 aliphatic rings. The lowest BCUT2D eigenvalue weighted by Gasteiger charge is -2.20. The number of nitrogens with one attached hydrogen (secondary N) is 1. The van der Waals surface area contributed by atoms with Crippen molar-refractivity contribution in [2.75, 3.05) is 20.1 Å². The van der Waals surface area contributed by atoms with Crippen LogP contribution in [-0.2, 0) is 10.0 Å². The average Bonchev–Trinajstić information content (AvgIpc) is 2.62. The van der Waals surface area contributed by atoms with Gasteiger partial charge in [-0.15, -0.1) is 0 Å². The number of sulfonamides is 1. The number of carbonyl (C=O) groups is 1. The van der Waals surface area contributed by atoms with E-state index < -0.39 is 10.0 Å². The van der Waals surface area contributed by atoms with Crippen molar-refractivity contribution in [3.05, 3.63) is 64.7 Å². The van der Waals surface area contributed by atoms with Crippen molar-refractivity contribution in [2.24, 2.45) is 5.41 Å². The summed E-state index contributed by atoms with van der Waals surface area (Å²) in [6.07, 6.45) is 7.11. The van der Waals surface area contributed by atoms with E-state index in [0.717, 1.165) is 5.57 Å².